The summed E-state index contributed by atoms with van der Waals surface area (Å²) < 4.78 is 5.38. The first kappa shape index (κ1) is 20.9. The molecule has 162 valence electrons. The van der Waals surface area contributed by atoms with Gasteiger partial charge in [-0.05, 0) is 49.3 Å². The number of hydrogen-bond acceptors (Lipinski definition) is 4. The molecule has 0 bridgehead atoms. The van der Waals surface area contributed by atoms with Crippen molar-refractivity contribution < 1.29 is 19.1 Å². The van der Waals surface area contributed by atoms with Crippen molar-refractivity contribution in [3.05, 3.63) is 29.8 Å². The number of nitrogens with zero attached hydrogens (tertiary/aromatic N) is 2. The Labute approximate surface area is 178 Å². The summed E-state index contributed by atoms with van der Waals surface area (Å²) in [5.41, 5.74) is -0.423. The molecule has 0 aromatic heterocycles. The zero-order valence-corrected chi connectivity index (χ0v) is 18.1. The van der Waals surface area contributed by atoms with Crippen LogP contribution in [0.5, 0.6) is 5.75 Å². The normalized spacial score (nSPS) is 25.9. The van der Waals surface area contributed by atoms with Crippen LogP contribution in [0.2, 0.25) is 0 Å². The van der Waals surface area contributed by atoms with Gasteiger partial charge in [-0.25, -0.2) is 0 Å². The lowest BCUT2D eigenvalue weighted by molar-refractivity contribution is -0.145. The van der Waals surface area contributed by atoms with Gasteiger partial charge in [0.1, 0.15) is 5.75 Å². The average Bonchev–Trinajstić information content (AvgIpc) is 3.35. The number of benzene rings is 1. The smallest absolute Gasteiger partial charge is 0.241 e. The van der Waals surface area contributed by atoms with E-state index in [1.165, 1.54) is 4.90 Å². The van der Waals surface area contributed by atoms with Gasteiger partial charge in [-0.15, -0.1) is 0 Å². The lowest BCUT2D eigenvalue weighted by Gasteiger charge is -2.34. The molecule has 30 heavy (non-hydrogen) atoms. The van der Waals surface area contributed by atoms with Crippen molar-refractivity contribution in [2.24, 2.45) is 5.92 Å². The van der Waals surface area contributed by atoms with Crippen LogP contribution in [0.15, 0.2) is 24.3 Å². The predicted molar refractivity (Wildman–Crippen MR) is 113 cm³/mol. The number of carbonyl (C=O) groups excluding carboxylic acids is 3. The minimum Gasteiger partial charge on any atom is -0.497 e. The summed E-state index contributed by atoms with van der Waals surface area (Å²) in [6, 6.07) is 7.30. The van der Waals surface area contributed by atoms with Crippen LogP contribution in [-0.2, 0) is 19.8 Å². The van der Waals surface area contributed by atoms with Crippen LogP contribution in [-0.4, -0.2) is 53.8 Å². The zero-order valence-electron chi connectivity index (χ0n) is 18.1. The standard InChI is InChI=1S/C24H32N2O4/c1-17-10-12-25(13-11-17)21(27)15-24(18-6-5-9-20(14-18)30-2)16-22(28)26(23(24)29)19-7-3-4-8-19/h5-6,9,14,17,19H,3-4,7-8,10-13,15-16H2,1-2H3/t24-/m0/s1. The van der Waals surface area contributed by atoms with Crippen molar-refractivity contribution in [3.63, 3.8) is 0 Å². The maximum Gasteiger partial charge on any atom is 0.241 e. The van der Waals surface area contributed by atoms with E-state index in [2.05, 4.69) is 6.92 Å². The Morgan fingerprint density at radius 2 is 1.83 bits per heavy atom. The van der Waals surface area contributed by atoms with Crippen molar-refractivity contribution >= 4 is 17.7 Å². The average molecular weight is 413 g/mol. The number of piperidine rings is 1. The highest BCUT2D eigenvalue weighted by Gasteiger charge is 2.56. The molecule has 3 fully saturated rings. The van der Waals surface area contributed by atoms with Gasteiger partial charge in [0.25, 0.3) is 0 Å². The first-order chi connectivity index (χ1) is 14.4. The Morgan fingerprint density at radius 1 is 1.13 bits per heavy atom. The van der Waals surface area contributed by atoms with Gasteiger partial charge in [-0.3, -0.25) is 19.3 Å². The fraction of sp³-hybridized carbons (Fsp3) is 0.625. The van der Waals surface area contributed by atoms with Crippen LogP contribution >= 0.6 is 0 Å². The fourth-order valence-corrected chi connectivity index (χ4v) is 5.31. The monoisotopic (exact) mass is 412 g/mol. The minimum absolute atomic E-state index is 0.0246. The first-order valence-electron chi connectivity index (χ1n) is 11.2. The molecule has 1 saturated carbocycles. The highest BCUT2D eigenvalue weighted by molar-refractivity contribution is 6.11. The van der Waals surface area contributed by atoms with Gasteiger partial charge in [0.05, 0.1) is 12.5 Å². The van der Waals surface area contributed by atoms with Crippen LogP contribution in [0, 0.1) is 5.92 Å². The van der Waals surface area contributed by atoms with E-state index in [-0.39, 0.29) is 36.6 Å². The Kier molecular flexibility index (Phi) is 5.85. The van der Waals surface area contributed by atoms with Crippen molar-refractivity contribution in [2.75, 3.05) is 20.2 Å². The lowest BCUT2D eigenvalue weighted by Crippen LogP contribution is -2.47. The molecule has 2 heterocycles. The number of imide groups is 1. The maximum atomic E-state index is 13.8. The number of carbonyl (C=O) groups is 3. The molecule has 6 heteroatoms. The van der Waals surface area contributed by atoms with Gasteiger partial charge in [0.15, 0.2) is 0 Å². The second-order valence-electron chi connectivity index (χ2n) is 9.24. The van der Waals surface area contributed by atoms with E-state index < -0.39 is 5.41 Å². The second-order valence-corrected chi connectivity index (χ2v) is 9.24. The molecule has 4 rings (SSSR count). The van der Waals surface area contributed by atoms with Gasteiger partial charge in [-0.2, -0.15) is 0 Å². The molecule has 1 aromatic rings. The van der Waals surface area contributed by atoms with Crippen molar-refractivity contribution in [1.29, 1.82) is 0 Å². The van der Waals surface area contributed by atoms with E-state index in [9.17, 15) is 14.4 Å². The Bertz CT molecular complexity index is 824. The van der Waals surface area contributed by atoms with Crippen LogP contribution in [0.4, 0.5) is 0 Å². The van der Waals surface area contributed by atoms with Crippen molar-refractivity contribution in [3.8, 4) is 5.75 Å². The predicted octanol–water partition coefficient (Wildman–Crippen LogP) is 3.28. The number of likely N-dealkylation sites (tertiary alicyclic amines) is 2. The van der Waals surface area contributed by atoms with Crippen molar-refractivity contribution in [1.82, 2.24) is 9.80 Å². The molecule has 2 saturated heterocycles. The van der Waals surface area contributed by atoms with Gasteiger partial charge in [-0.1, -0.05) is 31.9 Å². The molecule has 0 spiro atoms. The first-order valence-corrected chi connectivity index (χ1v) is 11.2. The summed E-state index contributed by atoms with van der Waals surface area (Å²) in [6.07, 6.45) is 5.89. The Hall–Kier alpha value is -2.37. The molecule has 0 radical (unpaired) electrons. The number of rotatable bonds is 5. The highest BCUT2D eigenvalue weighted by atomic mass is 16.5. The van der Waals surface area contributed by atoms with Gasteiger partial charge >= 0.3 is 0 Å². The SMILES string of the molecule is COc1cccc([C@]2(CC(=O)N3CCC(C)CC3)CC(=O)N(C3CCCC3)C2=O)c1. The molecular formula is C24H32N2O4. The third kappa shape index (κ3) is 3.72. The van der Waals surface area contributed by atoms with Crippen LogP contribution in [0.25, 0.3) is 0 Å². The van der Waals surface area contributed by atoms with Crippen LogP contribution in [0.3, 0.4) is 0 Å². The number of amides is 3. The van der Waals surface area contributed by atoms with E-state index in [1.807, 2.05) is 29.2 Å². The maximum absolute atomic E-state index is 13.8. The van der Waals surface area contributed by atoms with Gasteiger partial charge in [0.2, 0.25) is 17.7 Å². The number of ether oxygens (including phenoxy) is 1. The fourth-order valence-electron chi connectivity index (χ4n) is 5.31. The van der Waals surface area contributed by atoms with E-state index in [1.54, 1.807) is 7.11 Å². The quantitative estimate of drug-likeness (QED) is 0.696. The topological polar surface area (TPSA) is 66.9 Å². The zero-order chi connectivity index (χ0) is 21.3. The van der Waals surface area contributed by atoms with Crippen molar-refractivity contribution in [2.45, 2.75) is 69.7 Å². The van der Waals surface area contributed by atoms with Crippen LogP contribution in [0.1, 0.15) is 63.9 Å². The molecule has 2 aliphatic heterocycles. The molecule has 1 aliphatic carbocycles. The van der Waals surface area contributed by atoms with E-state index in [0.29, 0.717) is 17.2 Å². The Balaban J connectivity index is 1.67. The third-order valence-electron chi connectivity index (χ3n) is 7.25. The third-order valence-corrected chi connectivity index (χ3v) is 7.25. The largest absolute Gasteiger partial charge is 0.497 e. The summed E-state index contributed by atoms with van der Waals surface area (Å²) in [7, 11) is 1.58. The van der Waals surface area contributed by atoms with E-state index >= 15 is 0 Å². The number of methoxy groups -OCH3 is 1. The minimum atomic E-state index is -1.13. The number of hydrogen-bond donors (Lipinski definition) is 0. The Morgan fingerprint density at radius 3 is 2.50 bits per heavy atom. The second kappa shape index (κ2) is 8.40. The molecule has 1 atom stereocenters. The summed E-state index contributed by atoms with van der Waals surface area (Å²) in [5.74, 6) is 0.875. The molecule has 3 amide bonds. The molecule has 0 unspecified atom stereocenters. The summed E-state index contributed by atoms with van der Waals surface area (Å²) >= 11 is 0. The molecule has 1 aromatic carbocycles. The highest BCUT2D eigenvalue weighted by Crippen LogP contribution is 2.44. The summed E-state index contributed by atoms with van der Waals surface area (Å²) in [5, 5.41) is 0. The molecular weight excluding hydrogens is 380 g/mol. The van der Waals surface area contributed by atoms with Crippen LogP contribution < -0.4 is 4.74 Å². The van der Waals surface area contributed by atoms with Gasteiger partial charge < -0.3 is 9.64 Å². The molecule has 3 aliphatic rings. The molecule has 6 nitrogen and oxygen atoms in total. The van der Waals surface area contributed by atoms with E-state index in [0.717, 1.165) is 51.6 Å². The molecule has 0 N–H and O–H groups in total. The lowest BCUT2D eigenvalue weighted by atomic mass is 9.75. The van der Waals surface area contributed by atoms with E-state index in [4.69, 9.17) is 4.74 Å². The summed E-state index contributed by atoms with van der Waals surface area (Å²) in [4.78, 5) is 43.5. The summed E-state index contributed by atoms with van der Waals surface area (Å²) in [6.45, 7) is 3.66. The van der Waals surface area contributed by atoms with Gasteiger partial charge in [0, 0.05) is 32.0 Å².